The molecule has 2 heterocycles. The number of nitrogens with zero attached hydrogens (tertiary/aromatic N) is 2. The minimum absolute atomic E-state index is 0.0224. The van der Waals surface area contributed by atoms with E-state index in [-0.39, 0.29) is 11.9 Å². The van der Waals surface area contributed by atoms with E-state index in [2.05, 4.69) is 16.0 Å². The Bertz CT molecular complexity index is 563. The highest BCUT2D eigenvalue weighted by molar-refractivity contribution is 7.22. The molecule has 0 N–H and O–H groups in total. The second-order valence-electron chi connectivity index (χ2n) is 4.77. The lowest BCUT2D eigenvalue weighted by atomic mass is 9.99. The largest absolute Gasteiger partial charge is 0.469 e. The molecule has 0 bridgehead atoms. The van der Waals surface area contributed by atoms with Crippen molar-refractivity contribution in [3.05, 3.63) is 24.3 Å². The van der Waals surface area contributed by atoms with Crippen LogP contribution in [0.4, 0.5) is 5.13 Å². The van der Waals surface area contributed by atoms with Crippen molar-refractivity contribution in [2.75, 3.05) is 25.1 Å². The van der Waals surface area contributed by atoms with Gasteiger partial charge >= 0.3 is 5.97 Å². The molecule has 1 fully saturated rings. The van der Waals surface area contributed by atoms with Gasteiger partial charge in [0.05, 0.1) is 23.2 Å². The summed E-state index contributed by atoms with van der Waals surface area (Å²) in [5.74, 6) is -0.128. The van der Waals surface area contributed by atoms with Crippen LogP contribution < -0.4 is 4.90 Å². The number of rotatable bonds is 2. The average molecular weight is 276 g/mol. The van der Waals surface area contributed by atoms with Gasteiger partial charge in [0, 0.05) is 13.1 Å². The summed E-state index contributed by atoms with van der Waals surface area (Å²) in [4.78, 5) is 18.5. The molecule has 5 heteroatoms. The van der Waals surface area contributed by atoms with E-state index in [1.54, 1.807) is 11.3 Å². The van der Waals surface area contributed by atoms with Gasteiger partial charge in [-0.2, -0.15) is 0 Å². The first-order valence-electron chi connectivity index (χ1n) is 6.46. The Balaban J connectivity index is 1.83. The van der Waals surface area contributed by atoms with Crippen LogP contribution in [0.25, 0.3) is 10.2 Å². The number of carbonyl (C=O) groups is 1. The normalized spacial score (nSPS) is 19.6. The molecule has 1 unspecified atom stereocenters. The van der Waals surface area contributed by atoms with Crippen molar-refractivity contribution in [3.8, 4) is 0 Å². The Morgan fingerprint density at radius 2 is 2.32 bits per heavy atom. The Morgan fingerprint density at radius 3 is 3.11 bits per heavy atom. The summed E-state index contributed by atoms with van der Waals surface area (Å²) in [6.07, 6.45) is 1.92. The number of para-hydroxylation sites is 1. The minimum atomic E-state index is -0.106. The van der Waals surface area contributed by atoms with Crippen LogP contribution in [0, 0.1) is 5.92 Å². The fourth-order valence-electron chi connectivity index (χ4n) is 2.51. The van der Waals surface area contributed by atoms with E-state index in [1.807, 2.05) is 18.2 Å². The predicted molar refractivity (Wildman–Crippen MR) is 76.6 cm³/mol. The molecule has 0 amide bonds. The summed E-state index contributed by atoms with van der Waals surface area (Å²) in [6.45, 7) is 1.68. The van der Waals surface area contributed by atoms with Crippen molar-refractivity contribution in [1.29, 1.82) is 0 Å². The molecule has 19 heavy (non-hydrogen) atoms. The molecule has 100 valence electrons. The number of esters is 1. The van der Waals surface area contributed by atoms with Crippen molar-refractivity contribution >= 4 is 32.7 Å². The van der Waals surface area contributed by atoms with Gasteiger partial charge in [0.25, 0.3) is 0 Å². The second kappa shape index (κ2) is 5.17. The molecule has 0 spiro atoms. The van der Waals surface area contributed by atoms with Crippen LogP contribution in [-0.4, -0.2) is 31.2 Å². The summed E-state index contributed by atoms with van der Waals surface area (Å²) in [6, 6.07) is 8.13. The Kier molecular flexibility index (Phi) is 3.38. The average Bonchev–Trinajstić information content (AvgIpc) is 2.90. The minimum Gasteiger partial charge on any atom is -0.469 e. The maximum atomic E-state index is 11.6. The Labute approximate surface area is 116 Å². The van der Waals surface area contributed by atoms with Crippen LogP contribution in [0.3, 0.4) is 0 Å². The van der Waals surface area contributed by atoms with E-state index in [4.69, 9.17) is 4.74 Å². The Hall–Kier alpha value is -1.62. The summed E-state index contributed by atoms with van der Waals surface area (Å²) < 4.78 is 6.04. The van der Waals surface area contributed by atoms with Gasteiger partial charge in [-0.1, -0.05) is 23.5 Å². The van der Waals surface area contributed by atoms with E-state index >= 15 is 0 Å². The van der Waals surface area contributed by atoms with E-state index in [9.17, 15) is 4.79 Å². The number of anilines is 1. The van der Waals surface area contributed by atoms with Crippen LogP contribution in [0.1, 0.15) is 12.8 Å². The molecule has 2 aromatic rings. The molecule has 3 rings (SSSR count). The zero-order chi connectivity index (χ0) is 13.2. The molecule has 1 aromatic carbocycles. The fourth-order valence-corrected chi connectivity index (χ4v) is 3.51. The smallest absolute Gasteiger partial charge is 0.310 e. The van der Waals surface area contributed by atoms with Gasteiger partial charge in [-0.3, -0.25) is 4.79 Å². The molecule has 1 atom stereocenters. The number of hydrogen-bond donors (Lipinski definition) is 0. The first kappa shape index (κ1) is 12.4. The highest BCUT2D eigenvalue weighted by Gasteiger charge is 2.27. The summed E-state index contributed by atoms with van der Waals surface area (Å²) >= 11 is 1.69. The van der Waals surface area contributed by atoms with Gasteiger partial charge in [-0.15, -0.1) is 0 Å². The first-order chi connectivity index (χ1) is 9.28. The predicted octanol–water partition coefficient (Wildman–Crippen LogP) is 2.69. The number of fused-ring (bicyclic) bond motifs is 1. The summed E-state index contributed by atoms with van der Waals surface area (Å²) in [5.41, 5.74) is 1.03. The van der Waals surface area contributed by atoms with Crippen molar-refractivity contribution in [3.63, 3.8) is 0 Å². The van der Waals surface area contributed by atoms with Crippen molar-refractivity contribution in [2.45, 2.75) is 12.8 Å². The van der Waals surface area contributed by atoms with Crippen molar-refractivity contribution < 1.29 is 9.53 Å². The standard InChI is InChI=1S/C14H16N2O2S/c1-18-13(17)10-5-4-8-16(9-10)14-15-11-6-2-3-7-12(11)19-14/h2-3,6-7,10H,4-5,8-9H2,1H3. The van der Waals surface area contributed by atoms with Crippen LogP contribution in [0.5, 0.6) is 0 Å². The second-order valence-corrected chi connectivity index (χ2v) is 5.78. The van der Waals surface area contributed by atoms with Crippen LogP contribution in [0.15, 0.2) is 24.3 Å². The van der Waals surface area contributed by atoms with Gasteiger partial charge in [0.1, 0.15) is 0 Å². The van der Waals surface area contributed by atoms with Crippen LogP contribution >= 0.6 is 11.3 Å². The molecular weight excluding hydrogens is 260 g/mol. The van der Waals surface area contributed by atoms with Gasteiger partial charge < -0.3 is 9.64 Å². The molecule has 1 aliphatic rings. The molecule has 4 nitrogen and oxygen atoms in total. The third-order valence-electron chi connectivity index (χ3n) is 3.51. The molecule has 0 aliphatic carbocycles. The maximum absolute atomic E-state index is 11.6. The molecular formula is C14H16N2O2S. The summed E-state index contributed by atoms with van der Waals surface area (Å²) in [7, 11) is 1.46. The highest BCUT2D eigenvalue weighted by Crippen LogP contribution is 2.31. The number of piperidine rings is 1. The monoisotopic (exact) mass is 276 g/mol. The lowest BCUT2D eigenvalue weighted by molar-refractivity contribution is -0.145. The number of thiazole rings is 1. The molecule has 0 radical (unpaired) electrons. The molecule has 0 saturated carbocycles. The van der Waals surface area contributed by atoms with Gasteiger partial charge in [-0.25, -0.2) is 4.98 Å². The lowest BCUT2D eigenvalue weighted by Crippen LogP contribution is -2.39. The number of ether oxygens (including phenoxy) is 1. The van der Waals surface area contributed by atoms with Crippen molar-refractivity contribution in [2.24, 2.45) is 5.92 Å². The fraction of sp³-hybridized carbons (Fsp3) is 0.429. The van der Waals surface area contributed by atoms with Gasteiger partial charge in [0.2, 0.25) is 0 Å². The van der Waals surface area contributed by atoms with E-state index < -0.39 is 0 Å². The molecule has 1 saturated heterocycles. The quantitative estimate of drug-likeness (QED) is 0.791. The van der Waals surface area contributed by atoms with Gasteiger partial charge in [0.15, 0.2) is 5.13 Å². The van der Waals surface area contributed by atoms with Gasteiger partial charge in [-0.05, 0) is 25.0 Å². The van der Waals surface area contributed by atoms with E-state index in [1.165, 1.54) is 11.8 Å². The lowest BCUT2D eigenvalue weighted by Gasteiger charge is -2.30. The zero-order valence-corrected chi connectivity index (χ0v) is 11.7. The van der Waals surface area contributed by atoms with E-state index in [0.717, 1.165) is 30.0 Å². The number of carbonyl (C=O) groups excluding carboxylic acids is 1. The highest BCUT2D eigenvalue weighted by atomic mass is 32.1. The SMILES string of the molecule is COC(=O)C1CCCN(c2nc3ccccc3s2)C1. The van der Waals surface area contributed by atoms with E-state index in [0.29, 0.717) is 6.54 Å². The van der Waals surface area contributed by atoms with Crippen LogP contribution in [-0.2, 0) is 9.53 Å². The third-order valence-corrected chi connectivity index (χ3v) is 4.61. The number of hydrogen-bond acceptors (Lipinski definition) is 5. The number of methoxy groups -OCH3 is 1. The van der Waals surface area contributed by atoms with Crippen molar-refractivity contribution in [1.82, 2.24) is 4.98 Å². The molecule has 1 aliphatic heterocycles. The number of aromatic nitrogens is 1. The first-order valence-corrected chi connectivity index (χ1v) is 7.28. The topological polar surface area (TPSA) is 42.4 Å². The zero-order valence-electron chi connectivity index (χ0n) is 10.8. The maximum Gasteiger partial charge on any atom is 0.310 e. The number of benzene rings is 1. The molecule has 1 aromatic heterocycles. The summed E-state index contributed by atoms with van der Waals surface area (Å²) in [5, 5.41) is 1.01. The van der Waals surface area contributed by atoms with Crippen LogP contribution in [0.2, 0.25) is 0 Å². The Morgan fingerprint density at radius 1 is 1.47 bits per heavy atom. The third kappa shape index (κ3) is 2.42.